The van der Waals surface area contributed by atoms with Crippen LogP contribution in [0.4, 0.5) is 0 Å². The van der Waals surface area contributed by atoms with Gasteiger partial charge in [0, 0.05) is 0 Å². The molecule has 2 aromatic carbocycles. The number of benzene rings is 2. The summed E-state index contributed by atoms with van der Waals surface area (Å²) in [5, 5.41) is 2.79. The van der Waals surface area contributed by atoms with E-state index in [1.807, 2.05) is 0 Å². The van der Waals surface area contributed by atoms with E-state index in [1.54, 1.807) is 0 Å². The summed E-state index contributed by atoms with van der Waals surface area (Å²) in [5.74, 6) is 0. The lowest BCUT2D eigenvalue weighted by molar-refractivity contribution is 0.396. The molecule has 2 aromatic rings. The van der Waals surface area contributed by atoms with Gasteiger partial charge >= 0.3 is 0 Å². The quantitative estimate of drug-likeness (QED) is 0.624. The van der Waals surface area contributed by atoms with Crippen LogP contribution >= 0.6 is 0 Å². The molecule has 15 heavy (non-hydrogen) atoms. The van der Waals surface area contributed by atoms with Gasteiger partial charge in [0.25, 0.3) is 0 Å². The van der Waals surface area contributed by atoms with Crippen molar-refractivity contribution in [2.24, 2.45) is 0 Å². The molecule has 1 aliphatic heterocycles. The topological polar surface area (TPSA) is 3.24 Å². The van der Waals surface area contributed by atoms with Crippen LogP contribution in [0.3, 0.4) is 0 Å². The van der Waals surface area contributed by atoms with Crippen LogP contribution in [-0.4, -0.2) is 31.5 Å². The standard InChI is InChI=1S/C13H14BN/c1-15-9-14(10-15)13-8-4-6-11-5-2-3-7-12(11)13/h2-8H,9-10H2,1H3. The van der Waals surface area contributed by atoms with E-state index in [-0.39, 0.29) is 0 Å². The maximum atomic E-state index is 2.37. The zero-order valence-corrected chi connectivity index (χ0v) is 8.98. The highest BCUT2D eigenvalue weighted by atomic mass is 15.1. The molecule has 1 nitrogen and oxygen atoms in total. The predicted molar refractivity (Wildman–Crippen MR) is 66.8 cm³/mol. The van der Waals surface area contributed by atoms with Crippen LogP contribution in [-0.2, 0) is 0 Å². The molecule has 1 heterocycles. The molecule has 0 radical (unpaired) electrons. The van der Waals surface area contributed by atoms with E-state index in [0.29, 0.717) is 0 Å². The van der Waals surface area contributed by atoms with Crippen molar-refractivity contribution in [2.45, 2.75) is 0 Å². The summed E-state index contributed by atoms with van der Waals surface area (Å²) in [6.07, 6.45) is 2.40. The van der Waals surface area contributed by atoms with E-state index in [2.05, 4.69) is 54.4 Å². The summed E-state index contributed by atoms with van der Waals surface area (Å²) in [6, 6.07) is 15.3. The smallest absolute Gasteiger partial charge is 0.206 e. The van der Waals surface area contributed by atoms with Gasteiger partial charge in [-0.15, -0.1) is 0 Å². The van der Waals surface area contributed by atoms with Gasteiger partial charge in [0.2, 0.25) is 6.71 Å². The molecule has 0 saturated carbocycles. The molecule has 0 aliphatic carbocycles. The third-order valence-corrected chi connectivity index (χ3v) is 3.33. The van der Waals surface area contributed by atoms with Gasteiger partial charge in [-0.25, -0.2) is 0 Å². The maximum absolute atomic E-state index is 2.37. The molecule has 74 valence electrons. The Morgan fingerprint density at radius 2 is 1.73 bits per heavy atom. The fourth-order valence-corrected chi connectivity index (χ4v) is 2.50. The second-order valence-electron chi connectivity index (χ2n) is 4.49. The number of fused-ring (bicyclic) bond motifs is 1. The molecule has 0 unspecified atom stereocenters. The number of nitrogens with zero attached hydrogens (tertiary/aromatic N) is 1. The van der Waals surface area contributed by atoms with E-state index in [0.717, 1.165) is 6.71 Å². The van der Waals surface area contributed by atoms with Crippen LogP contribution in [0.5, 0.6) is 0 Å². The zero-order valence-electron chi connectivity index (χ0n) is 8.98. The van der Waals surface area contributed by atoms with Crippen LogP contribution in [0, 0.1) is 0 Å². The van der Waals surface area contributed by atoms with Crippen LogP contribution in [0.25, 0.3) is 10.8 Å². The highest BCUT2D eigenvalue weighted by Gasteiger charge is 2.29. The third-order valence-electron chi connectivity index (χ3n) is 3.33. The van der Waals surface area contributed by atoms with E-state index in [1.165, 1.54) is 29.1 Å². The molecule has 0 atom stereocenters. The second-order valence-corrected chi connectivity index (χ2v) is 4.49. The van der Waals surface area contributed by atoms with Crippen molar-refractivity contribution in [3.8, 4) is 0 Å². The minimum Gasteiger partial charge on any atom is -0.320 e. The molecule has 3 rings (SSSR count). The zero-order chi connectivity index (χ0) is 10.3. The lowest BCUT2D eigenvalue weighted by atomic mass is 9.39. The normalized spacial score (nSPS) is 16.7. The first kappa shape index (κ1) is 8.99. The summed E-state index contributed by atoms with van der Waals surface area (Å²) >= 11 is 0. The first-order chi connectivity index (χ1) is 7.34. The van der Waals surface area contributed by atoms with Gasteiger partial charge in [-0.3, -0.25) is 0 Å². The average Bonchev–Trinajstić information content (AvgIpc) is 2.24. The van der Waals surface area contributed by atoms with Crippen molar-refractivity contribution in [2.75, 3.05) is 19.9 Å². The van der Waals surface area contributed by atoms with Crippen LogP contribution in [0.1, 0.15) is 0 Å². The van der Waals surface area contributed by atoms with Gasteiger partial charge in [0.15, 0.2) is 0 Å². The van der Waals surface area contributed by atoms with Crippen molar-refractivity contribution in [1.82, 2.24) is 4.90 Å². The summed E-state index contributed by atoms with van der Waals surface area (Å²) in [7, 11) is 2.18. The number of rotatable bonds is 1. The highest BCUT2D eigenvalue weighted by molar-refractivity contribution is 6.77. The number of hydrogen-bond donors (Lipinski definition) is 0. The minimum atomic E-state index is 0.737. The molecule has 0 spiro atoms. The van der Waals surface area contributed by atoms with Gasteiger partial charge in [-0.1, -0.05) is 47.9 Å². The van der Waals surface area contributed by atoms with Gasteiger partial charge in [-0.05, 0) is 30.7 Å². The molecule has 1 aliphatic rings. The maximum Gasteiger partial charge on any atom is 0.206 e. The number of hydrogen-bond acceptors (Lipinski definition) is 1. The lowest BCUT2D eigenvalue weighted by Crippen LogP contribution is -2.59. The fourth-order valence-electron chi connectivity index (χ4n) is 2.50. The largest absolute Gasteiger partial charge is 0.320 e. The van der Waals surface area contributed by atoms with Crippen LogP contribution in [0.2, 0.25) is 0 Å². The van der Waals surface area contributed by atoms with Crippen molar-refractivity contribution in [1.29, 1.82) is 0 Å². The van der Waals surface area contributed by atoms with Crippen molar-refractivity contribution in [3.05, 3.63) is 42.5 Å². The lowest BCUT2D eigenvalue weighted by Gasteiger charge is -2.34. The molecule has 1 saturated heterocycles. The van der Waals surface area contributed by atoms with Crippen molar-refractivity contribution in [3.63, 3.8) is 0 Å². The van der Waals surface area contributed by atoms with E-state index < -0.39 is 0 Å². The molecule has 0 amide bonds. The summed E-state index contributed by atoms with van der Waals surface area (Å²) in [6.45, 7) is 0.737. The predicted octanol–water partition coefficient (Wildman–Crippen LogP) is 1.57. The monoisotopic (exact) mass is 195 g/mol. The molecular formula is C13H14BN. The average molecular weight is 195 g/mol. The van der Waals surface area contributed by atoms with E-state index in [9.17, 15) is 0 Å². The Hall–Kier alpha value is -1.28. The van der Waals surface area contributed by atoms with Crippen LogP contribution in [0.15, 0.2) is 42.5 Å². The van der Waals surface area contributed by atoms with E-state index in [4.69, 9.17) is 0 Å². The highest BCUT2D eigenvalue weighted by Crippen LogP contribution is 2.14. The van der Waals surface area contributed by atoms with Gasteiger partial charge in [0.05, 0.1) is 0 Å². The molecular weight excluding hydrogens is 181 g/mol. The summed E-state index contributed by atoms with van der Waals surface area (Å²) in [4.78, 5) is 2.37. The third kappa shape index (κ3) is 1.45. The second kappa shape index (κ2) is 3.39. The molecule has 0 N–H and O–H groups in total. The Morgan fingerprint density at radius 3 is 2.53 bits per heavy atom. The summed E-state index contributed by atoms with van der Waals surface area (Å²) < 4.78 is 0. The molecule has 2 heteroatoms. The first-order valence-corrected chi connectivity index (χ1v) is 5.51. The SMILES string of the molecule is CN1CB(c2cccc3ccccc23)C1. The molecule has 0 aromatic heterocycles. The van der Waals surface area contributed by atoms with Gasteiger partial charge in [-0.2, -0.15) is 0 Å². The Balaban J connectivity index is 2.10. The molecule has 1 fully saturated rings. The Labute approximate surface area is 90.8 Å². The van der Waals surface area contributed by atoms with Gasteiger partial charge in [0.1, 0.15) is 0 Å². The molecule has 0 bridgehead atoms. The Kier molecular flexibility index (Phi) is 2.03. The minimum absolute atomic E-state index is 0.737. The van der Waals surface area contributed by atoms with Crippen molar-refractivity contribution >= 4 is 22.9 Å². The van der Waals surface area contributed by atoms with E-state index >= 15 is 0 Å². The van der Waals surface area contributed by atoms with Gasteiger partial charge < -0.3 is 4.90 Å². The Morgan fingerprint density at radius 1 is 1.00 bits per heavy atom. The van der Waals surface area contributed by atoms with Crippen molar-refractivity contribution < 1.29 is 0 Å². The summed E-state index contributed by atoms with van der Waals surface area (Å²) in [5.41, 5.74) is 1.52. The first-order valence-electron chi connectivity index (χ1n) is 5.51. The van der Waals surface area contributed by atoms with Crippen LogP contribution < -0.4 is 5.46 Å². The fraction of sp³-hybridized carbons (Fsp3) is 0.231. The Bertz CT molecular complexity index is 483.